The van der Waals surface area contributed by atoms with Crippen LogP contribution in [0.4, 0.5) is 4.39 Å². The van der Waals surface area contributed by atoms with Crippen molar-refractivity contribution in [2.24, 2.45) is 0 Å². The fourth-order valence-electron chi connectivity index (χ4n) is 1.61. The fourth-order valence-corrected chi connectivity index (χ4v) is 1.90. The van der Waals surface area contributed by atoms with E-state index in [2.05, 4.69) is 10.3 Å². The van der Waals surface area contributed by atoms with Crippen molar-refractivity contribution in [2.45, 2.75) is 26.4 Å². The largest absolute Gasteiger partial charge is 0.439 e. The highest BCUT2D eigenvalue weighted by Crippen LogP contribution is 2.26. The average Bonchev–Trinajstić information content (AvgIpc) is 2.43. The molecule has 2 rings (SSSR count). The minimum atomic E-state index is -0.537. The molecule has 0 radical (unpaired) electrons. The van der Waals surface area contributed by atoms with Gasteiger partial charge in [-0.2, -0.15) is 0 Å². The summed E-state index contributed by atoms with van der Waals surface area (Å²) in [5.41, 5.74) is 0.678. The van der Waals surface area contributed by atoms with Crippen LogP contribution >= 0.6 is 23.2 Å². The van der Waals surface area contributed by atoms with Gasteiger partial charge in [-0.05, 0) is 18.2 Å². The zero-order chi connectivity index (χ0) is 15.4. The van der Waals surface area contributed by atoms with Crippen molar-refractivity contribution >= 4 is 23.2 Å². The average molecular weight is 329 g/mol. The van der Waals surface area contributed by atoms with Crippen molar-refractivity contribution in [1.29, 1.82) is 0 Å². The van der Waals surface area contributed by atoms with Crippen LogP contribution in [0.2, 0.25) is 10.0 Å². The number of nitrogens with zero attached hydrogens (tertiary/aromatic N) is 1. The van der Waals surface area contributed by atoms with Gasteiger partial charge in [-0.15, -0.1) is 0 Å². The molecule has 1 aromatic carbocycles. The Balaban J connectivity index is 2.16. The first-order valence-electron chi connectivity index (χ1n) is 6.47. The van der Waals surface area contributed by atoms with Gasteiger partial charge in [0, 0.05) is 24.7 Å². The molecule has 0 amide bonds. The normalized spacial score (nSPS) is 11.0. The van der Waals surface area contributed by atoms with Crippen LogP contribution in [0.25, 0.3) is 0 Å². The first-order valence-corrected chi connectivity index (χ1v) is 7.23. The summed E-state index contributed by atoms with van der Waals surface area (Å²) in [6.45, 7) is 4.60. The van der Waals surface area contributed by atoms with E-state index in [1.54, 1.807) is 18.2 Å². The lowest BCUT2D eigenvalue weighted by Gasteiger charge is -2.11. The molecule has 0 bridgehead atoms. The SMILES string of the molecule is CC(C)NCc1nc(Oc2ccc(Cl)c(F)c2)ccc1Cl. The molecule has 0 spiro atoms. The van der Waals surface area contributed by atoms with E-state index in [1.807, 2.05) is 13.8 Å². The Bertz CT molecular complexity index is 635. The van der Waals surface area contributed by atoms with Crippen molar-refractivity contribution in [3.8, 4) is 11.6 Å². The zero-order valence-corrected chi connectivity index (χ0v) is 13.2. The Labute approximate surface area is 133 Å². The Morgan fingerprint density at radius 2 is 1.90 bits per heavy atom. The highest BCUT2D eigenvalue weighted by atomic mass is 35.5. The molecule has 1 heterocycles. The van der Waals surface area contributed by atoms with Crippen molar-refractivity contribution in [3.05, 3.63) is 51.9 Å². The lowest BCUT2D eigenvalue weighted by Crippen LogP contribution is -2.22. The molecule has 0 unspecified atom stereocenters. The van der Waals surface area contributed by atoms with Gasteiger partial charge >= 0.3 is 0 Å². The summed E-state index contributed by atoms with van der Waals surface area (Å²) in [5.74, 6) is 0.140. The quantitative estimate of drug-likeness (QED) is 0.854. The number of rotatable bonds is 5. The number of pyridine rings is 1. The Morgan fingerprint density at radius 3 is 2.57 bits per heavy atom. The Kier molecular flexibility index (Phi) is 5.39. The van der Waals surface area contributed by atoms with Gasteiger partial charge in [0.1, 0.15) is 11.6 Å². The maximum atomic E-state index is 13.4. The molecule has 1 N–H and O–H groups in total. The molecule has 3 nitrogen and oxygen atoms in total. The van der Waals surface area contributed by atoms with E-state index in [9.17, 15) is 4.39 Å². The molecule has 21 heavy (non-hydrogen) atoms. The summed E-state index contributed by atoms with van der Waals surface area (Å²) in [6.07, 6.45) is 0. The monoisotopic (exact) mass is 328 g/mol. The number of halogens is 3. The predicted octanol–water partition coefficient (Wildman–Crippen LogP) is 4.82. The van der Waals surface area contributed by atoms with Gasteiger partial charge in [0.25, 0.3) is 0 Å². The van der Waals surface area contributed by atoms with E-state index in [0.717, 1.165) is 0 Å². The molecule has 0 aliphatic carbocycles. The number of nitrogens with one attached hydrogen (secondary N) is 1. The maximum Gasteiger partial charge on any atom is 0.219 e. The molecule has 0 saturated carbocycles. The summed E-state index contributed by atoms with van der Waals surface area (Å²) in [7, 11) is 0. The summed E-state index contributed by atoms with van der Waals surface area (Å²) < 4.78 is 18.9. The van der Waals surface area contributed by atoms with Crippen LogP contribution in [0.5, 0.6) is 11.6 Å². The standard InChI is InChI=1S/C15H15Cl2FN2O/c1-9(2)19-8-14-12(17)5-6-15(20-14)21-10-3-4-11(16)13(18)7-10/h3-7,9,19H,8H2,1-2H3. The van der Waals surface area contributed by atoms with Crippen molar-refractivity contribution in [2.75, 3.05) is 0 Å². The van der Waals surface area contributed by atoms with Crippen LogP contribution in [0.15, 0.2) is 30.3 Å². The molecule has 0 aliphatic rings. The van der Waals surface area contributed by atoms with Gasteiger partial charge in [0.2, 0.25) is 5.88 Å². The fraction of sp³-hybridized carbons (Fsp3) is 0.267. The maximum absolute atomic E-state index is 13.4. The van der Waals surface area contributed by atoms with Crippen LogP contribution < -0.4 is 10.1 Å². The molecule has 112 valence electrons. The van der Waals surface area contributed by atoms with Gasteiger partial charge < -0.3 is 10.1 Å². The number of ether oxygens (including phenoxy) is 1. The minimum Gasteiger partial charge on any atom is -0.439 e. The number of benzene rings is 1. The van der Waals surface area contributed by atoms with E-state index in [4.69, 9.17) is 27.9 Å². The van der Waals surface area contributed by atoms with Crippen molar-refractivity contribution < 1.29 is 9.13 Å². The van der Waals surface area contributed by atoms with E-state index < -0.39 is 5.82 Å². The number of hydrogen-bond acceptors (Lipinski definition) is 3. The molecular formula is C15H15Cl2FN2O. The predicted molar refractivity (Wildman–Crippen MR) is 82.7 cm³/mol. The number of hydrogen-bond donors (Lipinski definition) is 1. The molecule has 6 heteroatoms. The molecule has 0 saturated heterocycles. The van der Waals surface area contributed by atoms with Gasteiger partial charge in [-0.25, -0.2) is 9.37 Å². The first-order chi connectivity index (χ1) is 9.95. The Morgan fingerprint density at radius 1 is 1.19 bits per heavy atom. The molecule has 0 aliphatic heterocycles. The van der Waals surface area contributed by atoms with Crippen LogP contribution in [0.3, 0.4) is 0 Å². The van der Waals surface area contributed by atoms with Crippen molar-refractivity contribution in [1.82, 2.24) is 10.3 Å². The van der Waals surface area contributed by atoms with Gasteiger partial charge in [0.15, 0.2) is 0 Å². The zero-order valence-electron chi connectivity index (χ0n) is 11.7. The van der Waals surface area contributed by atoms with E-state index in [0.29, 0.717) is 34.9 Å². The highest BCUT2D eigenvalue weighted by Gasteiger charge is 2.08. The minimum absolute atomic E-state index is 0.0493. The lowest BCUT2D eigenvalue weighted by molar-refractivity contribution is 0.454. The van der Waals surface area contributed by atoms with E-state index in [1.165, 1.54) is 12.1 Å². The Hall–Kier alpha value is -1.36. The molecule has 0 atom stereocenters. The van der Waals surface area contributed by atoms with Crippen LogP contribution in [0, 0.1) is 5.82 Å². The third-order valence-corrected chi connectivity index (χ3v) is 3.33. The second-order valence-corrected chi connectivity index (χ2v) is 5.61. The third-order valence-electron chi connectivity index (χ3n) is 2.68. The van der Waals surface area contributed by atoms with Crippen LogP contribution in [-0.2, 0) is 6.54 Å². The molecule has 0 fully saturated rings. The second kappa shape index (κ2) is 7.07. The van der Waals surface area contributed by atoms with Gasteiger partial charge in [0.05, 0.1) is 15.7 Å². The van der Waals surface area contributed by atoms with Gasteiger partial charge in [-0.3, -0.25) is 0 Å². The first kappa shape index (κ1) is 16.0. The van der Waals surface area contributed by atoms with E-state index in [-0.39, 0.29) is 5.02 Å². The summed E-state index contributed by atoms with van der Waals surface area (Å²) in [5, 5.41) is 3.83. The number of aromatic nitrogens is 1. The third kappa shape index (κ3) is 4.56. The van der Waals surface area contributed by atoms with Gasteiger partial charge in [-0.1, -0.05) is 37.0 Å². The lowest BCUT2D eigenvalue weighted by atomic mass is 10.3. The molecular weight excluding hydrogens is 314 g/mol. The topological polar surface area (TPSA) is 34.2 Å². The summed E-state index contributed by atoms with van der Waals surface area (Å²) in [6, 6.07) is 7.88. The van der Waals surface area contributed by atoms with Crippen LogP contribution in [0.1, 0.15) is 19.5 Å². The smallest absolute Gasteiger partial charge is 0.219 e. The highest BCUT2D eigenvalue weighted by molar-refractivity contribution is 6.31. The summed E-state index contributed by atoms with van der Waals surface area (Å²) >= 11 is 11.7. The molecule has 1 aromatic heterocycles. The van der Waals surface area contributed by atoms with E-state index >= 15 is 0 Å². The van der Waals surface area contributed by atoms with Crippen molar-refractivity contribution in [3.63, 3.8) is 0 Å². The second-order valence-electron chi connectivity index (χ2n) is 4.79. The van der Waals surface area contributed by atoms with Crippen LogP contribution in [-0.4, -0.2) is 11.0 Å². The summed E-state index contributed by atoms with van der Waals surface area (Å²) in [4.78, 5) is 4.32. The molecule has 2 aromatic rings.